The number of benzene rings is 2. The van der Waals surface area contributed by atoms with Crippen LogP contribution in [0.15, 0.2) is 78.3 Å². The second kappa shape index (κ2) is 9.57. The lowest BCUT2D eigenvalue weighted by atomic mass is 9.98. The van der Waals surface area contributed by atoms with Crippen LogP contribution in [0.3, 0.4) is 0 Å². The number of sulfone groups is 1. The third-order valence-electron chi connectivity index (χ3n) is 6.31. The van der Waals surface area contributed by atoms with Crippen molar-refractivity contribution in [2.24, 2.45) is 0 Å². The van der Waals surface area contributed by atoms with E-state index in [2.05, 4.69) is 20.3 Å². The Morgan fingerprint density at radius 1 is 0.944 bits per heavy atom. The van der Waals surface area contributed by atoms with Gasteiger partial charge in [-0.25, -0.2) is 28.5 Å². The standard InChI is InChI=1S/C24H22N6O5S/c31-23(28-32)24(9-11-35-12-10-24)36(33,34)21-7-5-20(6-8-21)30-15-22(27-29-30)18-3-1-17(2-4-18)19-13-25-16-26-14-19/h1-8,13-16,32H,9-12H2,(H,28,31). The van der Waals surface area contributed by atoms with Gasteiger partial charge in [0, 0.05) is 36.7 Å². The van der Waals surface area contributed by atoms with Crippen molar-refractivity contribution in [2.45, 2.75) is 22.5 Å². The lowest BCUT2D eigenvalue weighted by Gasteiger charge is -2.34. The summed E-state index contributed by atoms with van der Waals surface area (Å²) in [5.41, 5.74) is 5.49. The van der Waals surface area contributed by atoms with Crippen LogP contribution in [0, 0.1) is 0 Å². The van der Waals surface area contributed by atoms with E-state index in [1.165, 1.54) is 28.6 Å². The number of aromatic nitrogens is 5. The average Bonchev–Trinajstić information content (AvgIpc) is 3.44. The molecule has 11 nitrogen and oxygen atoms in total. The first kappa shape index (κ1) is 23.7. The number of nitrogens with zero attached hydrogens (tertiary/aromatic N) is 5. The van der Waals surface area contributed by atoms with Crippen LogP contribution < -0.4 is 5.48 Å². The van der Waals surface area contributed by atoms with Gasteiger partial charge in [-0.3, -0.25) is 10.0 Å². The van der Waals surface area contributed by atoms with Crippen LogP contribution in [0.5, 0.6) is 0 Å². The summed E-state index contributed by atoms with van der Waals surface area (Å²) in [6.45, 7) is 0.207. The van der Waals surface area contributed by atoms with E-state index in [0.29, 0.717) is 11.4 Å². The first-order chi connectivity index (χ1) is 17.4. The van der Waals surface area contributed by atoms with E-state index in [1.54, 1.807) is 30.7 Å². The zero-order valence-electron chi connectivity index (χ0n) is 19.0. The lowest BCUT2D eigenvalue weighted by molar-refractivity contribution is -0.134. The molecule has 0 spiro atoms. The minimum atomic E-state index is -4.10. The Morgan fingerprint density at radius 2 is 1.58 bits per heavy atom. The van der Waals surface area contributed by atoms with Gasteiger partial charge >= 0.3 is 0 Å². The SMILES string of the molecule is O=C(NO)C1(S(=O)(=O)c2ccc(-n3cc(-c4ccc(-c5cncnc5)cc4)nn3)cc2)CCOCC1. The Bertz CT molecular complexity index is 1470. The van der Waals surface area contributed by atoms with E-state index in [0.717, 1.165) is 16.7 Å². The summed E-state index contributed by atoms with van der Waals surface area (Å²) in [5.74, 6) is -0.957. The first-order valence-electron chi connectivity index (χ1n) is 11.1. The van der Waals surface area contributed by atoms with Crippen molar-refractivity contribution in [3.8, 4) is 28.1 Å². The number of hydroxylamine groups is 1. The molecule has 1 saturated heterocycles. The summed E-state index contributed by atoms with van der Waals surface area (Å²) in [4.78, 5) is 20.4. The lowest BCUT2D eigenvalue weighted by Crippen LogP contribution is -2.54. The maximum atomic E-state index is 13.4. The van der Waals surface area contributed by atoms with Gasteiger partial charge in [0.1, 0.15) is 12.0 Å². The van der Waals surface area contributed by atoms with Crippen molar-refractivity contribution < 1.29 is 23.2 Å². The molecule has 5 rings (SSSR count). The van der Waals surface area contributed by atoms with E-state index < -0.39 is 20.5 Å². The van der Waals surface area contributed by atoms with Crippen LogP contribution in [0.4, 0.5) is 0 Å². The zero-order valence-corrected chi connectivity index (χ0v) is 19.8. The summed E-state index contributed by atoms with van der Waals surface area (Å²) in [6.07, 6.45) is 6.60. The topological polar surface area (TPSA) is 149 Å². The van der Waals surface area contributed by atoms with Gasteiger partial charge in [-0.05, 0) is 42.7 Å². The van der Waals surface area contributed by atoms with E-state index >= 15 is 0 Å². The van der Waals surface area contributed by atoms with E-state index in [-0.39, 0.29) is 31.0 Å². The maximum Gasteiger partial charge on any atom is 0.265 e. The molecule has 12 heteroatoms. The molecule has 0 radical (unpaired) electrons. The van der Waals surface area contributed by atoms with Gasteiger partial charge in [0.2, 0.25) is 0 Å². The quantitative estimate of drug-likeness (QED) is 0.296. The molecule has 1 aliphatic rings. The van der Waals surface area contributed by atoms with Crippen LogP contribution in [0.2, 0.25) is 0 Å². The van der Waals surface area contributed by atoms with Crippen molar-refractivity contribution in [1.82, 2.24) is 30.4 Å². The third kappa shape index (κ3) is 4.15. The predicted octanol–water partition coefficient (Wildman–Crippen LogP) is 2.22. The number of amides is 1. The number of hydrogen-bond donors (Lipinski definition) is 2. The molecule has 3 heterocycles. The smallest absolute Gasteiger partial charge is 0.265 e. The van der Waals surface area contributed by atoms with Crippen molar-refractivity contribution in [1.29, 1.82) is 0 Å². The number of ether oxygens (including phenoxy) is 1. The molecule has 2 aromatic carbocycles. The Kier molecular flexibility index (Phi) is 6.31. The molecule has 1 amide bonds. The van der Waals surface area contributed by atoms with E-state index in [9.17, 15) is 18.4 Å². The summed E-state index contributed by atoms with van der Waals surface area (Å²) in [6, 6.07) is 13.8. The highest BCUT2D eigenvalue weighted by Gasteiger charge is 2.52. The predicted molar refractivity (Wildman–Crippen MR) is 128 cm³/mol. The van der Waals surface area contributed by atoms with Crippen LogP contribution in [-0.4, -0.2) is 62.5 Å². The summed E-state index contributed by atoms with van der Waals surface area (Å²) in [7, 11) is -4.10. The molecule has 1 fully saturated rings. The average molecular weight is 507 g/mol. The molecule has 0 saturated carbocycles. The highest BCUT2D eigenvalue weighted by Crippen LogP contribution is 2.35. The summed E-state index contributed by atoms with van der Waals surface area (Å²) in [5, 5.41) is 17.6. The Hall–Kier alpha value is -4.00. The van der Waals surface area contributed by atoms with Gasteiger partial charge in [0.05, 0.1) is 16.8 Å². The Balaban J connectivity index is 1.38. The number of carbonyl (C=O) groups excluding carboxylic acids is 1. The summed E-state index contributed by atoms with van der Waals surface area (Å²) < 4.78 is 31.8. The molecule has 0 unspecified atom stereocenters. The second-order valence-electron chi connectivity index (χ2n) is 8.30. The molecule has 2 N–H and O–H groups in total. The van der Waals surface area contributed by atoms with Crippen molar-refractivity contribution in [2.75, 3.05) is 13.2 Å². The molecule has 2 aromatic heterocycles. The maximum absolute atomic E-state index is 13.4. The normalized spacial score (nSPS) is 15.4. The van der Waals surface area contributed by atoms with Gasteiger partial charge < -0.3 is 4.74 Å². The monoisotopic (exact) mass is 506 g/mol. The van der Waals surface area contributed by atoms with Crippen molar-refractivity contribution >= 4 is 15.7 Å². The molecule has 0 atom stereocenters. The third-order valence-corrected chi connectivity index (χ3v) is 8.82. The van der Waals surface area contributed by atoms with Crippen molar-refractivity contribution in [3.05, 3.63) is 73.4 Å². The Morgan fingerprint density at radius 3 is 2.22 bits per heavy atom. The molecular weight excluding hydrogens is 484 g/mol. The number of carbonyl (C=O) groups is 1. The number of hydrogen-bond acceptors (Lipinski definition) is 9. The van der Waals surface area contributed by atoms with Crippen LogP contribution >= 0.6 is 0 Å². The largest absolute Gasteiger partial charge is 0.381 e. The van der Waals surface area contributed by atoms with Gasteiger partial charge in [-0.1, -0.05) is 29.5 Å². The van der Waals surface area contributed by atoms with E-state index in [1.807, 2.05) is 24.3 Å². The fourth-order valence-corrected chi connectivity index (χ4v) is 6.17. The second-order valence-corrected chi connectivity index (χ2v) is 10.6. The number of rotatable bonds is 6. The van der Waals surface area contributed by atoms with Gasteiger partial charge in [0.25, 0.3) is 5.91 Å². The fourth-order valence-electron chi connectivity index (χ4n) is 4.23. The summed E-state index contributed by atoms with van der Waals surface area (Å²) >= 11 is 0. The van der Waals surface area contributed by atoms with Crippen molar-refractivity contribution in [3.63, 3.8) is 0 Å². The highest BCUT2D eigenvalue weighted by atomic mass is 32.2. The van der Waals surface area contributed by atoms with Gasteiger partial charge in [0.15, 0.2) is 14.6 Å². The Labute approximate surface area is 206 Å². The minimum absolute atomic E-state index is 0.0300. The van der Waals surface area contributed by atoms with E-state index in [4.69, 9.17) is 4.74 Å². The fraction of sp³-hybridized carbons (Fsp3) is 0.208. The molecular formula is C24H22N6O5S. The molecule has 0 aliphatic carbocycles. The molecule has 4 aromatic rings. The first-order valence-corrected chi connectivity index (χ1v) is 12.6. The molecule has 1 aliphatic heterocycles. The molecule has 36 heavy (non-hydrogen) atoms. The van der Waals surface area contributed by atoms with Crippen LogP contribution in [0.25, 0.3) is 28.1 Å². The molecule has 184 valence electrons. The molecule has 0 bridgehead atoms. The van der Waals surface area contributed by atoms with Crippen LogP contribution in [0.1, 0.15) is 12.8 Å². The van der Waals surface area contributed by atoms with Crippen LogP contribution in [-0.2, 0) is 19.4 Å². The van der Waals surface area contributed by atoms with Gasteiger partial charge in [-0.2, -0.15) is 0 Å². The zero-order chi connectivity index (χ0) is 25.2. The highest BCUT2D eigenvalue weighted by molar-refractivity contribution is 7.93. The minimum Gasteiger partial charge on any atom is -0.381 e. The van der Waals surface area contributed by atoms with Gasteiger partial charge in [-0.15, -0.1) is 5.10 Å². The number of nitrogens with one attached hydrogen (secondary N) is 1.